The molecule has 0 amide bonds. The van der Waals surface area contributed by atoms with Gasteiger partial charge in [0, 0.05) is 13.6 Å². The summed E-state index contributed by atoms with van der Waals surface area (Å²) in [5.74, 6) is -0.0728. The average Bonchev–Trinajstić information content (AvgIpc) is 2.94. The molecule has 130 valence electrons. The number of nitrogens with zero attached hydrogens (tertiary/aromatic N) is 2. The number of hydrogen-bond donors (Lipinski definition) is 1. The molecule has 1 aromatic carbocycles. The molecular weight excluding hydrogens is 318 g/mol. The van der Waals surface area contributed by atoms with Gasteiger partial charge in [-0.3, -0.25) is 18.7 Å². The van der Waals surface area contributed by atoms with Crippen molar-refractivity contribution >= 4 is 17.7 Å². The second-order valence-corrected chi connectivity index (χ2v) is 6.13. The van der Waals surface area contributed by atoms with Crippen molar-refractivity contribution < 1.29 is 4.79 Å². The summed E-state index contributed by atoms with van der Waals surface area (Å²) in [4.78, 5) is 37.4. The lowest BCUT2D eigenvalue weighted by Gasteiger charge is -2.11. The molecule has 0 unspecified atom stereocenters. The molecule has 6 nitrogen and oxygen atoms in total. The first kappa shape index (κ1) is 17.0. The van der Waals surface area contributed by atoms with Crippen LogP contribution in [0.2, 0.25) is 0 Å². The van der Waals surface area contributed by atoms with Gasteiger partial charge in [0.05, 0.1) is 5.70 Å². The third-order valence-electron chi connectivity index (χ3n) is 4.41. The number of hydrogen-bond acceptors (Lipinski definition) is 4. The fourth-order valence-corrected chi connectivity index (χ4v) is 2.97. The van der Waals surface area contributed by atoms with E-state index in [2.05, 4.69) is 12.2 Å². The number of aryl methyl sites for hydroxylation is 1. The second-order valence-electron chi connectivity index (χ2n) is 6.13. The zero-order valence-corrected chi connectivity index (χ0v) is 14.6. The topological polar surface area (TPSA) is 73.1 Å². The minimum Gasteiger partial charge on any atom is -0.338 e. The Labute approximate surface area is 145 Å². The predicted octanol–water partition coefficient (Wildman–Crippen LogP) is 2.17. The molecule has 2 aromatic rings. The van der Waals surface area contributed by atoms with Crippen LogP contribution in [-0.2, 0) is 20.0 Å². The van der Waals surface area contributed by atoms with Crippen LogP contribution >= 0.6 is 0 Å². The van der Waals surface area contributed by atoms with Crippen LogP contribution in [0.25, 0.3) is 6.08 Å². The Balaban J connectivity index is 2.10. The van der Waals surface area contributed by atoms with Crippen LogP contribution in [0.5, 0.6) is 0 Å². The summed E-state index contributed by atoms with van der Waals surface area (Å²) < 4.78 is 2.45. The van der Waals surface area contributed by atoms with Gasteiger partial charge in [0.25, 0.3) is 5.56 Å². The third-order valence-corrected chi connectivity index (χ3v) is 4.41. The number of aromatic nitrogens is 2. The monoisotopic (exact) mass is 339 g/mol. The fraction of sp³-hybridized carbons (Fsp3) is 0.316. The van der Waals surface area contributed by atoms with Gasteiger partial charge < -0.3 is 5.32 Å². The lowest BCUT2D eigenvalue weighted by Crippen LogP contribution is -2.40. The Kier molecular flexibility index (Phi) is 4.44. The largest absolute Gasteiger partial charge is 0.338 e. The normalized spacial score (nSPS) is 14.7. The molecule has 6 heteroatoms. The zero-order valence-electron chi connectivity index (χ0n) is 14.6. The minimum atomic E-state index is -0.561. The third kappa shape index (κ3) is 2.84. The van der Waals surface area contributed by atoms with Crippen molar-refractivity contribution in [2.24, 2.45) is 7.05 Å². The quantitative estimate of drug-likeness (QED) is 0.867. The summed E-state index contributed by atoms with van der Waals surface area (Å²) in [6.07, 6.45) is 3.37. The van der Waals surface area contributed by atoms with E-state index in [0.29, 0.717) is 18.1 Å². The molecular formula is C19H21N3O3. The van der Waals surface area contributed by atoms with Crippen molar-refractivity contribution in [2.45, 2.75) is 33.2 Å². The number of allylic oxidation sites excluding steroid dienone is 1. The number of Topliss-reactive ketones (excluding diaryl/α,β-unsaturated/α-hetero) is 1. The molecule has 2 heterocycles. The number of carbonyl (C=O) groups is 1. The Bertz CT molecular complexity index is 979. The Hall–Kier alpha value is -2.89. The highest BCUT2D eigenvalue weighted by Gasteiger charge is 2.32. The van der Waals surface area contributed by atoms with Gasteiger partial charge in [-0.2, -0.15) is 0 Å². The maximum absolute atomic E-state index is 12.7. The van der Waals surface area contributed by atoms with Crippen LogP contribution in [0, 0.1) is 0 Å². The van der Waals surface area contributed by atoms with Crippen molar-refractivity contribution in [1.82, 2.24) is 9.13 Å². The molecule has 0 fully saturated rings. The maximum atomic E-state index is 12.7. The Morgan fingerprint density at radius 2 is 1.76 bits per heavy atom. The first-order chi connectivity index (χ1) is 12.0. The van der Waals surface area contributed by atoms with Crippen LogP contribution < -0.4 is 16.6 Å². The average molecular weight is 339 g/mol. The highest BCUT2D eigenvalue weighted by molar-refractivity contribution is 6.19. The number of benzene rings is 1. The Morgan fingerprint density at radius 1 is 1.08 bits per heavy atom. The van der Waals surface area contributed by atoms with E-state index in [4.69, 9.17) is 0 Å². The van der Waals surface area contributed by atoms with E-state index in [1.54, 1.807) is 6.08 Å². The second kappa shape index (κ2) is 6.55. The van der Waals surface area contributed by atoms with Gasteiger partial charge in [-0.05, 0) is 30.0 Å². The molecule has 0 atom stereocenters. The van der Waals surface area contributed by atoms with Crippen molar-refractivity contribution in [1.29, 1.82) is 0 Å². The predicted molar refractivity (Wildman–Crippen MR) is 98.0 cm³/mol. The zero-order chi connectivity index (χ0) is 18.1. The first-order valence-electron chi connectivity index (χ1n) is 8.44. The van der Waals surface area contributed by atoms with Crippen molar-refractivity contribution in [3.63, 3.8) is 0 Å². The minimum absolute atomic E-state index is 0.0342. The van der Waals surface area contributed by atoms with E-state index in [9.17, 15) is 14.4 Å². The molecule has 0 aliphatic carbocycles. The van der Waals surface area contributed by atoms with Crippen LogP contribution in [0.1, 0.15) is 41.8 Å². The Morgan fingerprint density at radius 3 is 2.36 bits per heavy atom. The molecule has 1 aromatic heterocycles. The number of nitrogens with one attached hydrogen (secondary N) is 1. The highest BCUT2D eigenvalue weighted by atomic mass is 16.2. The summed E-state index contributed by atoms with van der Waals surface area (Å²) in [6, 6.07) is 7.87. The first-order valence-corrected chi connectivity index (χ1v) is 8.44. The summed E-state index contributed by atoms with van der Waals surface area (Å²) in [6.45, 7) is 4.45. The lowest BCUT2D eigenvalue weighted by atomic mass is 10.1. The SMILES string of the molecule is CCCn1c2c(c(=O)n(C)c1=O)C(=O)/C(=C/c1ccc(CC)cc1)N2. The number of fused-ring (bicyclic) bond motifs is 1. The number of ketones is 1. The number of rotatable bonds is 4. The molecule has 25 heavy (non-hydrogen) atoms. The molecule has 1 N–H and O–H groups in total. The van der Waals surface area contributed by atoms with Gasteiger partial charge in [0.2, 0.25) is 5.78 Å². The summed E-state index contributed by atoms with van der Waals surface area (Å²) in [5.41, 5.74) is 1.44. The molecule has 0 spiro atoms. The molecule has 0 saturated heterocycles. The van der Waals surface area contributed by atoms with E-state index in [1.807, 2.05) is 31.2 Å². The van der Waals surface area contributed by atoms with E-state index in [0.717, 1.165) is 23.0 Å². The van der Waals surface area contributed by atoms with Crippen LogP contribution in [0.3, 0.4) is 0 Å². The van der Waals surface area contributed by atoms with Crippen molar-refractivity contribution in [2.75, 3.05) is 5.32 Å². The summed E-state index contributed by atoms with van der Waals surface area (Å²) in [7, 11) is 1.40. The van der Waals surface area contributed by atoms with E-state index in [-0.39, 0.29) is 11.3 Å². The van der Waals surface area contributed by atoms with E-state index < -0.39 is 11.2 Å². The van der Waals surface area contributed by atoms with Crippen molar-refractivity contribution in [3.05, 3.63) is 67.5 Å². The van der Waals surface area contributed by atoms with E-state index in [1.165, 1.54) is 17.2 Å². The maximum Gasteiger partial charge on any atom is 0.332 e. The molecule has 1 aliphatic rings. The van der Waals surface area contributed by atoms with Gasteiger partial charge in [0.1, 0.15) is 11.4 Å². The van der Waals surface area contributed by atoms with Gasteiger partial charge in [-0.15, -0.1) is 0 Å². The van der Waals surface area contributed by atoms with Gasteiger partial charge in [-0.25, -0.2) is 4.79 Å². The molecule has 0 bridgehead atoms. The standard InChI is InChI=1S/C19H21N3O3/c1-4-10-22-17-15(18(24)21(3)19(22)25)16(23)14(20-17)11-13-8-6-12(5-2)7-9-13/h6-9,11,20H,4-5,10H2,1-3H3/b14-11-. The summed E-state index contributed by atoms with van der Waals surface area (Å²) in [5, 5.41) is 2.98. The van der Waals surface area contributed by atoms with Gasteiger partial charge >= 0.3 is 5.69 Å². The highest BCUT2D eigenvalue weighted by Crippen LogP contribution is 2.25. The molecule has 0 saturated carbocycles. The van der Waals surface area contributed by atoms with Crippen LogP contribution in [-0.4, -0.2) is 14.9 Å². The van der Waals surface area contributed by atoms with Crippen LogP contribution in [0.15, 0.2) is 39.6 Å². The van der Waals surface area contributed by atoms with E-state index >= 15 is 0 Å². The fourth-order valence-electron chi connectivity index (χ4n) is 2.97. The van der Waals surface area contributed by atoms with Gasteiger partial charge in [-0.1, -0.05) is 38.1 Å². The summed E-state index contributed by atoms with van der Waals surface area (Å²) >= 11 is 0. The van der Waals surface area contributed by atoms with Gasteiger partial charge in [0.15, 0.2) is 0 Å². The van der Waals surface area contributed by atoms with Crippen molar-refractivity contribution in [3.8, 4) is 0 Å². The smallest absolute Gasteiger partial charge is 0.332 e. The molecule has 1 aliphatic heterocycles. The molecule has 3 rings (SSSR count). The lowest BCUT2D eigenvalue weighted by molar-refractivity contribution is 0.104. The number of carbonyl (C=O) groups excluding carboxylic acids is 1. The van der Waals surface area contributed by atoms with Crippen LogP contribution in [0.4, 0.5) is 5.82 Å². The molecule has 0 radical (unpaired) electrons. The number of anilines is 1.